The molecule has 2 heterocycles. The van der Waals surface area contributed by atoms with Crippen molar-refractivity contribution in [1.29, 1.82) is 0 Å². The molecular formula is C13H8ClFN2S. The number of hydrogen-bond donors (Lipinski definition) is 1. The molecule has 1 aromatic carbocycles. The normalized spacial score (nSPS) is 10.8. The molecule has 1 N–H and O–H groups in total. The van der Waals surface area contributed by atoms with E-state index in [4.69, 9.17) is 11.6 Å². The predicted molar refractivity (Wildman–Crippen MR) is 74.3 cm³/mol. The van der Waals surface area contributed by atoms with Crippen LogP contribution in [0.25, 0.3) is 10.2 Å². The van der Waals surface area contributed by atoms with E-state index < -0.39 is 0 Å². The molecule has 0 unspecified atom stereocenters. The third kappa shape index (κ3) is 2.17. The van der Waals surface area contributed by atoms with E-state index in [9.17, 15) is 4.39 Å². The Bertz CT molecular complexity index is 694. The van der Waals surface area contributed by atoms with Gasteiger partial charge >= 0.3 is 0 Å². The predicted octanol–water partition coefficient (Wildman–Crippen LogP) is 4.83. The van der Waals surface area contributed by atoms with Crippen LogP contribution in [0.4, 0.5) is 15.8 Å². The number of pyridine rings is 1. The Kier molecular flexibility index (Phi) is 2.89. The van der Waals surface area contributed by atoms with Crippen molar-refractivity contribution in [2.45, 2.75) is 0 Å². The second kappa shape index (κ2) is 4.55. The van der Waals surface area contributed by atoms with Crippen LogP contribution in [0.1, 0.15) is 0 Å². The quantitative estimate of drug-likeness (QED) is 0.679. The minimum absolute atomic E-state index is 0.253. The van der Waals surface area contributed by atoms with Crippen molar-refractivity contribution >= 4 is 44.5 Å². The minimum Gasteiger partial charge on any atom is -0.353 e. The first kappa shape index (κ1) is 11.4. The fourth-order valence-electron chi connectivity index (χ4n) is 1.67. The largest absolute Gasteiger partial charge is 0.353 e. The summed E-state index contributed by atoms with van der Waals surface area (Å²) in [5, 5.41) is 5.63. The molecule has 0 spiro atoms. The van der Waals surface area contributed by atoms with Gasteiger partial charge in [-0.15, -0.1) is 11.3 Å². The smallest absolute Gasteiger partial charge is 0.129 e. The van der Waals surface area contributed by atoms with Crippen LogP contribution in [0.15, 0.2) is 41.8 Å². The molecule has 0 bridgehead atoms. The standard InChI is InChI=1S/C13H8ClFN2S/c14-12-6-5-11-13(17-12)10(7-18-11)16-9-3-1-8(15)2-4-9/h1-7,16H. The van der Waals surface area contributed by atoms with Crippen LogP contribution >= 0.6 is 22.9 Å². The summed E-state index contributed by atoms with van der Waals surface area (Å²) in [4.78, 5) is 4.29. The van der Waals surface area contributed by atoms with Crippen molar-refractivity contribution in [3.8, 4) is 0 Å². The summed E-state index contributed by atoms with van der Waals surface area (Å²) < 4.78 is 13.9. The van der Waals surface area contributed by atoms with Gasteiger partial charge in [0.1, 0.15) is 16.5 Å². The molecule has 5 heteroatoms. The molecule has 0 fully saturated rings. The molecule has 90 valence electrons. The van der Waals surface area contributed by atoms with Crippen LogP contribution in [0.2, 0.25) is 5.15 Å². The molecule has 18 heavy (non-hydrogen) atoms. The fraction of sp³-hybridized carbons (Fsp3) is 0. The first-order valence-corrected chi connectivity index (χ1v) is 6.54. The molecule has 3 rings (SSSR count). The van der Waals surface area contributed by atoms with Gasteiger partial charge in [-0.05, 0) is 36.4 Å². The van der Waals surface area contributed by atoms with E-state index in [-0.39, 0.29) is 5.82 Å². The SMILES string of the molecule is Fc1ccc(Nc2csc3ccc(Cl)nc23)cc1. The second-order valence-corrected chi connectivity index (χ2v) is 5.06. The first-order valence-electron chi connectivity index (χ1n) is 5.29. The maximum atomic E-state index is 12.8. The highest BCUT2D eigenvalue weighted by Gasteiger charge is 2.06. The highest BCUT2D eigenvalue weighted by molar-refractivity contribution is 7.17. The lowest BCUT2D eigenvalue weighted by Crippen LogP contribution is -1.90. The van der Waals surface area contributed by atoms with E-state index in [1.807, 2.05) is 11.4 Å². The molecule has 0 amide bonds. The molecule has 0 aliphatic heterocycles. The summed E-state index contributed by atoms with van der Waals surface area (Å²) in [6, 6.07) is 9.90. The van der Waals surface area contributed by atoms with Crippen molar-refractivity contribution < 1.29 is 4.39 Å². The van der Waals surface area contributed by atoms with Gasteiger partial charge in [0.25, 0.3) is 0 Å². The number of fused-ring (bicyclic) bond motifs is 1. The van der Waals surface area contributed by atoms with Gasteiger partial charge in [-0.1, -0.05) is 11.6 Å². The summed E-state index contributed by atoms with van der Waals surface area (Å²) in [5.74, 6) is -0.253. The topological polar surface area (TPSA) is 24.9 Å². The zero-order valence-electron chi connectivity index (χ0n) is 9.15. The van der Waals surface area contributed by atoms with Crippen LogP contribution in [0.3, 0.4) is 0 Å². The Morgan fingerprint density at radius 1 is 1.11 bits per heavy atom. The lowest BCUT2D eigenvalue weighted by atomic mass is 10.3. The molecule has 0 aliphatic carbocycles. The van der Waals surface area contributed by atoms with Gasteiger partial charge in [0.05, 0.1) is 10.4 Å². The molecule has 2 aromatic heterocycles. The summed E-state index contributed by atoms with van der Waals surface area (Å²) in [5.41, 5.74) is 2.53. The van der Waals surface area contributed by atoms with Crippen molar-refractivity contribution in [3.63, 3.8) is 0 Å². The Hall–Kier alpha value is -1.65. The number of benzene rings is 1. The van der Waals surface area contributed by atoms with Crippen LogP contribution in [0.5, 0.6) is 0 Å². The summed E-state index contributed by atoms with van der Waals surface area (Å²) in [6.07, 6.45) is 0. The summed E-state index contributed by atoms with van der Waals surface area (Å²) in [7, 11) is 0. The van der Waals surface area contributed by atoms with Gasteiger partial charge in [0.15, 0.2) is 0 Å². The van der Waals surface area contributed by atoms with Crippen molar-refractivity contribution in [3.05, 3.63) is 52.7 Å². The van der Waals surface area contributed by atoms with Gasteiger partial charge < -0.3 is 5.32 Å². The number of aromatic nitrogens is 1. The first-order chi connectivity index (χ1) is 8.72. The Morgan fingerprint density at radius 3 is 2.67 bits per heavy atom. The highest BCUT2D eigenvalue weighted by Crippen LogP contribution is 2.31. The number of hydrogen-bond acceptors (Lipinski definition) is 3. The van der Waals surface area contributed by atoms with Crippen LogP contribution in [0, 0.1) is 5.82 Å². The Balaban J connectivity index is 1.99. The van der Waals surface area contributed by atoms with E-state index in [1.165, 1.54) is 12.1 Å². The van der Waals surface area contributed by atoms with Crippen molar-refractivity contribution in [2.24, 2.45) is 0 Å². The molecular weight excluding hydrogens is 271 g/mol. The van der Waals surface area contributed by atoms with E-state index in [1.54, 1.807) is 29.5 Å². The van der Waals surface area contributed by atoms with E-state index in [0.29, 0.717) is 5.15 Å². The van der Waals surface area contributed by atoms with Gasteiger partial charge in [0.2, 0.25) is 0 Å². The maximum Gasteiger partial charge on any atom is 0.129 e. The fourth-order valence-corrected chi connectivity index (χ4v) is 2.64. The number of anilines is 2. The Morgan fingerprint density at radius 2 is 1.89 bits per heavy atom. The molecule has 0 saturated heterocycles. The highest BCUT2D eigenvalue weighted by atomic mass is 35.5. The number of nitrogens with zero attached hydrogens (tertiary/aromatic N) is 1. The van der Waals surface area contributed by atoms with Gasteiger partial charge in [0, 0.05) is 11.1 Å². The van der Waals surface area contributed by atoms with E-state index in [2.05, 4.69) is 10.3 Å². The number of halogens is 2. The molecule has 0 aliphatic rings. The van der Waals surface area contributed by atoms with Crippen LogP contribution < -0.4 is 5.32 Å². The second-order valence-electron chi connectivity index (χ2n) is 3.76. The zero-order chi connectivity index (χ0) is 12.5. The van der Waals surface area contributed by atoms with Crippen molar-refractivity contribution in [1.82, 2.24) is 4.98 Å². The van der Waals surface area contributed by atoms with Gasteiger partial charge in [-0.3, -0.25) is 0 Å². The minimum atomic E-state index is -0.253. The van der Waals surface area contributed by atoms with E-state index >= 15 is 0 Å². The molecule has 0 saturated carbocycles. The van der Waals surface area contributed by atoms with Crippen LogP contribution in [-0.2, 0) is 0 Å². The number of thiophene rings is 1. The molecule has 0 radical (unpaired) electrons. The summed E-state index contributed by atoms with van der Waals surface area (Å²) >= 11 is 7.47. The third-order valence-electron chi connectivity index (χ3n) is 2.51. The van der Waals surface area contributed by atoms with E-state index in [0.717, 1.165) is 21.6 Å². The monoisotopic (exact) mass is 278 g/mol. The number of nitrogens with one attached hydrogen (secondary N) is 1. The molecule has 3 aromatic rings. The average molecular weight is 279 g/mol. The lowest BCUT2D eigenvalue weighted by Gasteiger charge is -2.04. The van der Waals surface area contributed by atoms with Crippen molar-refractivity contribution in [2.75, 3.05) is 5.32 Å². The maximum absolute atomic E-state index is 12.8. The van der Waals surface area contributed by atoms with Gasteiger partial charge in [-0.25, -0.2) is 9.37 Å². The zero-order valence-corrected chi connectivity index (χ0v) is 10.7. The van der Waals surface area contributed by atoms with Crippen LogP contribution in [-0.4, -0.2) is 4.98 Å². The van der Waals surface area contributed by atoms with Gasteiger partial charge in [-0.2, -0.15) is 0 Å². The Labute approximate surface area is 112 Å². The summed E-state index contributed by atoms with van der Waals surface area (Å²) in [6.45, 7) is 0. The average Bonchev–Trinajstić information content (AvgIpc) is 2.75. The third-order valence-corrected chi connectivity index (χ3v) is 3.65. The number of rotatable bonds is 2. The lowest BCUT2D eigenvalue weighted by molar-refractivity contribution is 0.628. The molecule has 2 nitrogen and oxygen atoms in total. The molecule has 0 atom stereocenters.